The number of aromatic hydroxyl groups is 1. The number of hydrogen-bond acceptors (Lipinski definition) is 3. The third kappa shape index (κ3) is 1.13. The smallest absolute Gasteiger partial charge is 0.156 e. The summed E-state index contributed by atoms with van der Waals surface area (Å²) in [5, 5.41) is 12.1. The van der Waals surface area contributed by atoms with Gasteiger partial charge in [-0.3, -0.25) is 4.79 Å². The molecule has 0 amide bonds. The van der Waals surface area contributed by atoms with Crippen molar-refractivity contribution < 1.29 is 9.90 Å². The summed E-state index contributed by atoms with van der Waals surface area (Å²) in [5.74, 6) is 0.420. The van der Waals surface area contributed by atoms with Crippen LogP contribution < -0.4 is 5.32 Å². The number of benzene rings is 1. The van der Waals surface area contributed by atoms with Crippen molar-refractivity contribution in [3.63, 3.8) is 0 Å². The normalized spacial score (nSPS) is 15.2. The van der Waals surface area contributed by atoms with Gasteiger partial charge in [0.1, 0.15) is 5.75 Å². The first-order valence-electron chi connectivity index (χ1n) is 3.83. The Hall–Kier alpha value is -1.51. The molecule has 0 saturated heterocycles. The minimum atomic E-state index is 0.188. The van der Waals surface area contributed by atoms with E-state index in [1.54, 1.807) is 18.2 Å². The van der Waals surface area contributed by atoms with Crippen molar-refractivity contribution in [3.8, 4) is 5.75 Å². The highest BCUT2D eigenvalue weighted by molar-refractivity contribution is 5.89. The summed E-state index contributed by atoms with van der Waals surface area (Å²) in [5.41, 5.74) is 1.83. The zero-order chi connectivity index (χ0) is 8.55. The van der Waals surface area contributed by atoms with Gasteiger partial charge in [0.2, 0.25) is 0 Å². The maximum atomic E-state index is 11.0. The van der Waals surface area contributed by atoms with Gasteiger partial charge in [-0.15, -0.1) is 0 Å². The monoisotopic (exact) mass is 163 g/mol. The van der Waals surface area contributed by atoms with Gasteiger partial charge in [0.15, 0.2) is 5.78 Å². The van der Waals surface area contributed by atoms with E-state index in [1.165, 1.54) is 0 Å². The van der Waals surface area contributed by atoms with Gasteiger partial charge in [-0.25, -0.2) is 0 Å². The van der Waals surface area contributed by atoms with E-state index < -0.39 is 0 Å². The van der Waals surface area contributed by atoms with Crippen molar-refractivity contribution in [2.45, 2.75) is 6.42 Å². The van der Waals surface area contributed by atoms with E-state index >= 15 is 0 Å². The third-order valence-electron chi connectivity index (χ3n) is 1.96. The lowest BCUT2D eigenvalue weighted by molar-refractivity contribution is -0.117. The average molecular weight is 163 g/mol. The first-order valence-corrected chi connectivity index (χ1v) is 3.83. The maximum Gasteiger partial charge on any atom is 0.156 e. The fourth-order valence-electron chi connectivity index (χ4n) is 1.35. The van der Waals surface area contributed by atoms with Gasteiger partial charge in [0, 0.05) is 18.2 Å². The van der Waals surface area contributed by atoms with Crippen molar-refractivity contribution in [1.29, 1.82) is 0 Å². The van der Waals surface area contributed by atoms with Gasteiger partial charge in [-0.1, -0.05) is 6.07 Å². The second-order valence-corrected chi connectivity index (χ2v) is 2.91. The summed E-state index contributed by atoms with van der Waals surface area (Å²) < 4.78 is 0. The number of carbonyl (C=O) groups excluding carboxylic acids is 1. The molecule has 0 bridgehead atoms. The van der Waals surface area contributed by atoms with Crippen LogP contribution in [0.3, 0.4) is 0 Å². The van der Waals surface area contributed by atoms with Crippen LogP contribution in [-0.2, 0) is 11.2 Å². The number of hydrogen-bond donors (Lipinski definition) is 2. The number of phenolic OH excluding ortho intramolecular Hbond substituents is 1. The van der Waals surface area contributed by atoms with Gasteiger partial charge in [0.25, 0.3) is 0 Å². The summed E-state index contributed by atoms with van der Waals surface area (Å²) >= 11 is 0. The highest BCUT2D eigenvalue weighted by atomic mass is 16.3. The molecule has 2 rings (SSSR count). The molecule has 3 heteroatoms. The van der Waals surface area contributed by atoms with Gasteiger partial charge in [-0.05, 0) is 11.6 Å². The Bertz CT molecular complexity index is 333. The summed E-state index contributed by atoms with van der Waals surface area (Å²) in [6, 6.07) is 5.01. The number of ketones is 1. The third-order valence-corrected chi connectivity index (χ3v) is 1.96. The molecule has 0 aromatic heterocycles. The molecule has 1 aromatic carbocycles. The highest BCUT2D eigenvalue weighted by Crippen LogP contribution is 2.24. The van der Waals surface area contributed by atoms with E-state index in [0.29, 0.717) is 13.0 Å². The van der Waals surface area contributed by atoms with Crippen molar-refractivity contribution in [2.24, 2.45) is 0 Å². The maximum absolute atomic E-state index is 11.0. The SMILES string of the molecule is O=C1CNc2cc(O)ccc2C1. The summed E-state index contributed by atoms with van der Waals surface area (Å²) in [7, 11) is 0. The molecule has 0 atom stereocenters. The predicted octanol–water partition coefficient (Wildman–Crippen LogP) is 0.929. The average Bonchev–Trinajstić information content (AvgIpc) is 2.05. The lowest BCUT2D eigenvalue weighted by Gasteiger charge is -2.16. The Kier molecular flexibility index (Phi) is 1.50. The molecular weight excluding hydrogens is 154 g/mol. The number of nitrogens with one attached hydrogen (secondary N) is 1. The van der Waals surface area contributed by atoms with E-state index in [9.17, 15) is 4.79 Å². The Balaban J connectivity index is 2.43. The van der Waals surface area contributed by atoms with Gasteiger partial charge >= 0.3 is 0 Å². The Morgan fingerprint density at radius 1 is 1.42 bits per heavy atom. The van der Waals surface area contributed by atoms with Gasteiger partial charge in [-0.2, -0.15) is 0 Å². The van der Waals surface area contributed by atoms with Crippen LogP contribution in [0.1, 0.15) is 5.56 Å². The predicted molar refractivity (Wildman–Crippen MR) is 45.3 cm³/mol. The number of carbonyl (C=O) groups is 1. The lowest BCUT2D eigenvalue weighted by atomic mass is 10.0. The molecule has 0 unspecified atom stereocenters. The Morgan fingerprint density at radius 3 is 3.08 bits per heavy atom. The molecule has 0 radical (unpaired) electrons. The number of phenols is 1. The molecule has 1 aliphatic heterocycles. The number of fused-ring (bicyclic) bond motifs is 1. The second-order valence-electron chi connectivity index (χ2n) is 2.91. The molecule has 3 nitrogen and oxygen atoms in total. The van der Waals surface area contributed by atoms with Crippen LogP contribution >= 0.6 is 0 Å². The number of rotatable bonds is 0. The van der Waals surface area contributed by atoms with Crippen LogP contribution in [0.4, 0.5) is 5.69 Å². The molecule has 2 N–H and O–H groups in total. The molecule has 12 heavy (non-hydrogen) atoms. The molecule has 62 valence electrons. The van der Waals surface area contributed by atoms with E-state index in [1.807, 2.05) is 0 Å². The summed E-state index contributed by atoms with van der Waals surface area (Å²) in [6.07, 6.45) is 0.475. The molecule has 1 aromatic rings. The van der Waals surface area contributed by atoms with E-state index in [-0.39, 0.29) is 11.5 Å². The van der Waals surface area contributed by atoms with Crippen molar-refractivity contribution in [1.82, 2.24) is 0 Å². The van der Waals surface area contributed by atoms with E-state index in [4.69, 9.17) is 5.11 Å². The number of anilines is 1. The molecule has 1 aliphatic rings. The fraction of sp³-hybridized carbons (Fsp3) is 0.222. The van der Waals surface area contributed by atoms with Crippen LogP contribution in [0, 0.1) is 0 Å². The zero-order valence-electron chi connectivity index (χ0n) is 6.50. The largest absolute Gasteiger partial charge is 0.508 e. The van der Waals surface area contributed by atoms with Crippen molar-refractivity contribution in [2.75, 3.05) is 11.9 Å². The first-order chi connectivity index (χ1) is 5.75. The van der Waals surface area contributed by atoms with Crippen LogP contribution in [0.25, 0.3) is 0 Å². The van der Waals surface area contributed by atoms with Crippen LogP contribution in [-0.4, -0.2) is 17.4 Å². The molecular formula is C9H9NO2. The lowest BCUT2D eigenvalue weighted by Crippen LogP contribution is -2.22. The zero-order valence-corrected chi connectivity index (χ0v) is 6.50. The molecule has 0 aliphatic carbocycles. The van der Waals surface area contributed by atoms with Crippen LogP contribution in [0.15, 0.2) is 18.2 Å². The van der Waals surface area contributed by atoms with Crippen LogP contribution in [0.5, 0.6) is 5.75 Å². The van der Waals surface area contributed by atoms with Gasteiger partial charge in [0.05, 0.1) is 6.54 Å². The van der Waals surface area contributed by atoms with E-state index in [0.717, 1.165) is 11.3 Å². The standard InChI is InChI=1S/C9H9NO2/c11-7-2-1-6-3-8(12)5-10-9(6)4-7/h1-2,4,10-11H,3,5H2. The fourth-order valence-corrected chi connectivity index (χ4v) is 1.35. The highest BCUT2D eigenvalue weighted by Gasteiger charge is 2.14. The van der Waals surface area contributed by atoms with Gasteiger partial charge < -0.3 is 10.4 Å². The van der Waals surface area contributed by atoms with Crippen molar-refractivity contribution in [3.05, 3.63) is 23.8 Å². The Morgan fingerprint density at radius 2 is 2.25 bits per heavy atom. The molecule has 0 spiro atoms. The number of Topliss-reactive ketones (excluding diaryl/α,β-unsaturated/α-hetero) is 1. The second kappa shape index (κ2) is 2.52. The minimum Gasteiger partial charge on any atom is -0.508 e. The van der Waals surface area contributed by atoms with Crippen LogP contribution in [0.2, 0.25) is 0 Å². The quantitative estimate of drug-likeness (QED) is 0.598. The minimum absolute atomic E-state index is 0.188. The molecule has 0 fully saturated rings. The topological polar surface area (TPSA) is 49.3 Å². The summed E-state index contributed by atoms with van der Waals surface area (Å²) in [6.45, 7) is 0.371. The Labute approximate surface area is 70.0 Å². The first kappa shape index (κ1) is 7.16. The molecule has 0 saturated carbocycles. The van der Waals surface area contributed by atoms with Crippen molar-refractivity contribution >= 4 is 11.5 Å². The molecule has 1 heterocycles. The summed E-state index contributed by atoms with van der Waals surface area (Å²) in [4.78, 5) is 11.0. The van der Waals surface area contributed by atoms with E-state index in [2.05, 4.69) is 5.32 Å².